The molecule has 3 rings (SSSR count). The fraction of sp³-hybridized carbons (Fsp3) is 0.312. The molecule has 0 saturated heterocycles. The number of halogens is 1. The van der Waals surface area contributed by atoms with Gasteiger partial charge in [0.1, 0.15) is 11.3 Å². The van der Waals surface area contributed by atoms with Gasteiger partial charge in [0.2, 0.25) is 0 Å². The summed E-state index contributed by atoms with van der Waals surface area (Å²) in [4.78, 5) is 0. The van der Waals surface area contributed by atoms with Gasteiger partial charge < -0.3 is 9.73 Å². The van der Waals surface area contributed by atoms with Crippen LogP contribution in [0.4, 0.5) is 0 Å². The van der Waals surface area contributed by atoms with Crippen molar-refractivity contribution in [3.05, 3.63) is 52.5 Å². The first kappa shape index (κ1) is 14.2. The number of aromatic nitrogens is 2. The van der Waals surface area contributed by atoms with Crippen molar-refractivity contribution in [1.82, 2.24) is 15.1 Å². The van der Waals surface area contributed by atoms with E-state index in [-0.39, 0.29) is 6.04 Å². The largest absolute Gasteiger partial charge is 0.459 e. The van der Waals surface area contributed by atoms with Crippen LogP contribution in [-0.4, -0.2) is 16.8 Å². The minimum absolute atomic E-state index is 0.0599. The summed E-state index contributed by atoms with van der Waals surface area (Å²) in [7, 11) is 3.84. The first-order valence-corrected chi connectivity index (χ1v) is 7.31. The first-order valence-electron chi connectivity index (χ1n) is 6.94. The quantitative estimate of drug-likeness (QED) is 0.800. The molecule has 2 aromatic heterocycles. The summed E-state index contributed by atoms with van der Waals surface area (Å²) in [5.41, 5.74) is 2.77. The Balaban J connectivity index is 1.94. The lowest BCUT2D eigenvalue weighted by atomic mass is 10.1. The second-order valence-corrected chi connectivity index (χ2v) is 5.58. The van der Waals surface area contributed by atoms with Gasteiger partial charge in [-0.15, -0.1) is 0 Å². The van der Waals surface area contributed by atoms with E-state index >= 15 is 0 Å². The van der Waals surface area contributed by atoms with Crippen molar-refractivity contribution in [3.8, 4) is 0 Å². The average Bonchev–Trinajstić information content (AvgIpc) is 3.00. The maximum absolute atomic E-state index is 6.34. The number of para-hydroxylation sites is 1. The zero-order valence-electron chi connectivity index (χ0n) is 12.4. The molecule has 1 atom stereocenters. The van der Waals surface area contributed by atoms with Gasteiger partial charge in [-0.3, -0.25) is 4.68 Å². The SMILES string of the molecule is CNC(Cc1c(Cl)c(C)nn1C)c1cc2ccccc2o1. The molecule has 0 saturated carbocycles. The molecule has 0 aliphatic rings. The van der Waals surface area contributed by atoms with Crippen LogP contribution in [0.2, 0.25) is 5.02 Å². The number of benzene rings is 1. The van der Waals surface area contributed by atoms with Gasteiger partial charge in [0.15, 0.2) is 0 Å². The van der Waals surface area contributed by atoms with Gasteiger partial charge in [-0.2, -0.15) is 5.10 Å². The number of likely N-dealkylation sites (N-methyl/N-ethyl adjacent to an activating group) is 1. The van der Waals surface area contributed by atoms with Crippen LogP contribution in [0.25, 0.3) is 11.0 Å². The highest BCUT2D eigenvalue weighted by atomic mass is 35.5. The minimum Gasteiger partial charge on any atom is -0.459 e. The van der Waals surface area contributed by atoms with E-state index in [1.807, 2.05) is 43.9 Å². The number of nitrogens with zero attached hydrogens (tertiary/aromatic N) is 2. The fourth-order valence-electron chi connectivity index (χ4n) is 2.61. The Morgan fingerprint density at radius 2 is 2.14 bits per heavy atom. The van der Waals surface area contributed by atoms with Gasteiger partial charge in [0.25, 0.3) is 0 Å². The summed E-state index contributed by atoms with van der Waals surface area (Å²) in [6.45, 7) is 1.92. The summed E-state index contributed by atoms with van der Waals surface area (Å²) >= 11 is 6.34. The highest BCUT2D eigenvalue weighted by molar-refractivity contribution is 6.31. The summed E-state index contributed by atoms with van der Waals surface area (Å²) < 4.78 is 7.78. The Labute approximate surface area is 128 Å². The molecule has 1 N–H and O–H groups in total. The van der Waals surface area contributed by atoms with Crippen molar-refractivity contribution in [2.45, 2.75) is 19.4 Å². The van der Waals surface area contributed by atoms with Crippen LogP contribution in [0.1, 0.15) is 23.2 Å². The normalized spacial score (nSPS) is 13.0. The summed E-state index contributed by atoms with van der Waals surface area (Å²) in [5, 5.41) is 9.50. The molecule has 21 heavy (non-hydrogen) atoms. The predicted molar refractivity (Wildman–Crippen MR) is 84.7 cm³/mol. The lowest BCUT2D eigenvalue weighted by molar-refractivity contribution is 0.443. The van der Waals surface area contributed by atoms with E-state index in [1.54, 1.807) is 0 Å². The van der Waals surface area contributed by atoms with E-state index in [0.29, 0.717) is 0 Å². The van der Waals surface area contributed by atoms with Crippen LogP contribution < -0.4 is 5.32 Å². The molecule has 110 valence electrons. The van der Waals surface area contributed by atoms with Gasteiger partial charge in [0.05, 0.1) is 22.5 Å². The van der Waals surface area contributed by atoms with Gasteiger partial charge >= 0.3 is 0 Å². The first-order chi connectivity index (χ1) is 10.1. The van der Waals surface area contributed by atoms with Crippen molar-refractivity contribution in [2.24, 2.45) is 7.05 Å². The van der Waals surface area contributed by atoms with E-state index in [0.717, 1.165) is 39.6 Å². The molecule has 0 spiro atoms. The predicted octanol–water partition coefficient (Wildman–Crippen LogP) is 3.63. The molecule has 0 bridgehead atoms. The lowest BCUT2D eigenvalue weighted by Gasteiger charge is -2.14. The standard InChI is InChI=1S/C16H18ClN3O/c1-10-16(17)13(20(3)19-10)9-12(18-2)15-8-11-6-4-5-7-14(11)21-15/h4-8,12,18H,9H2,1-3H3. The number of rotatable bonds is 4. The van der Waals surface area contributed by atoms with E-state index in [1.165, 1.54) is 0 Å². The molecule has 2 heterocycles. The van der Waals surface area contributed by atoms with Crippen LogP contribution >= 0.6 is 11.6 Å². The molecule has 0 amide bonds. The molecule has 0 fully saturated rings. The zero-order valence-corrected chi connectivity index (χ0v) is 13.1. The van der Waals surface area contributed by atoms with Crippen molar-refractivity contribution in [3.63, 3.8) is 0 Å². The second-order valence-electron chi connectivity index (χ2n) is 5.20. The van der Waals surface area contributed by atoms with Crippen molar-refractivity contribution in [1.29, 1.82) is 0 Å². The Morgan fingerprint density at radius 1 is 1.38 bits per heavy atom. The summed E-state index contributed by atoms with van der Waals surface area (Å²) in [6, 6.07) is 10.2. The fourth-order valence-corrected chi connectivity index (χ4v) is 2.85. The third-order valence-electron chi connectivity index (χ3n) is 3.80. The Kier molecular flexibility index (Phi) is 3.74. The van der Waals surface area contributed by atoms with Gasteiger partial charge in [-0.05, 0) is 26.1 Å². The van der Waals surface area contributed by atoms with E-state index in [9.17, 15) is 0 Å². The molecule has 1 unspecified atom stereocenters. The maximum atomic E-state index is 6.34. The van der Waals surface area contributed by atoms with Crippen LogP contribution in [0.3, 0.4) is 0 Å². The average molecular weight is 304 g/mol. The molecule has 0 aliphatic heterocycles. The summed E-state index contributed by atoms with van der Waals surface area (Å²) in [5.74, 6) is 0.911. The van der Waals surface area contributed by atoms with Crippen LogP contribution in [0.15, 0.2) is 34.7 Å². The number of hydrogen-bond acceptors (Lipinski definition) is 3. The van der Waals surface area contributed by atoms with Crippen LogP contribution in [0.5, 0.6) is 0 Å². The minimum atomic E-state index is 0.0599. The van der Waals surface area contributed by atoms with Gasteiger partial charge in [0, 0.05) is 18.9 Å². The maximum Gasteiger partial charge on any atom is 0.134 e. The van der Waals surface area contributed by atoms with E-state index in [2.05, 4.69) is 22.5 Å². The second kappa shape index (κ2) is 5.54. The molecule has 5 heteroatoms. The Bertz CT molecular complexity index is 742. The Morgan fingerprint density at radius 3 is 2.76 bits per heavy atom. The van der Waals surface area contributed by atoms with Gasteiger partial charge in [-0.1, -0.05) is 29.8 Å². The lowest BCUT2D eigenvalue weighted by Crippen LogP contribution is -2.19. The van der Waals surface area contributed by atoms with Crippen LogP contribution in [-0.2, 0) is 13.5 Å². The number of furan rings is 1. The Hall–Kier alpha value is -1.78. The summed E-state index contributed by atoms with van der Waals surface area (Å²) in [6.07, 6.45) is 0.729. The zero-order chi connectivity index (χ0) is 15.0. The van der Waals surface area contributed by atoms with Crippen molar-refractivity contribution >= 4 is 22.6 Å². The van der Waals surface area contributed by atoms with Crippen LogP contribution in [0, 0.1) is 6.92 Å². The highest BCUT2D eigenvalue weighted by Crippen LogP contribution is 2.28. The highest BCUT2D eigenvalue weighted by Gasteiger charge is 2.20. The smallest absolute Gasteiger partial charge is 0.134 e. The number of fused-ring (bicyclic) bond motifs is 1. The topological polar surface area (TPSA) is 43.0 Å². The third-order valence-corrected chi connectivity index (χ3v) is 4.29. The van der Waals surface area contributed by atoms with Gasteiger partial charge in [-0.25, -0.2) is 0 Å². The van der Waals surface area contributed by atoms with E-state index < -0.39 is 0 Å². The number of hydrogen-bond donors (Lipinski definition) is 1. The van der Waals surface area contributed by atoms with Crippen molar-refractivity contribution in [2.75, 3.05) is 7.05 Å². The molecular formula is C16H18ClN3O. The molecule has 4 nitrogen and oxygen atoms in total. The van der Waals surface area contributed by atoms with Crippen molar-refractivity contribution < 1.29 is 4.42 Å². The molecular weight excluding hydrogens is 286 g/mol. The third kappa shape index (κ3) is 2.57. The monoisotopic (exact) mass is 303 g/mol. The molecule has 0 aliphatic carbocycles. The van der Waals surface area contributed by atoms with E-state index in [4.69, 9.17) is 16.0 Å². The molecule has 1 aromatic carbocycles. The molecule has 0 radical (unpaired) electrons. The molecule has 3 aromatic rings. The number of nitrogens with one attached hydrogen (secondary N) is 1. The number of aryl methyl sites for hydroxylation is 2.